The van der Waals surface area contributed by atoms with E-state index in [1.54, 1.807) is 12.0 Å². The fourth-order valence-corrected chi connectivity index (χ4v) is 1.45. The minimum absolute atomic E-state index is 0.0255. The molecule has 0 heterocycles. The summed E-state index contributed by atoms with van der Waals surface area (Å²) in [5, 5.41) is 8.61. The number of carboxylic acid groups (broad SMARTS) is 1. The average molecular weight is 246 g/mol. The molecular weight excluding hydrogens is 224 g/mol. The van der Waals surface area contributed by atoms with Gasteiger partial charge in [0.25, 0.3) is 0 Å². The fraction of sp³-hybridized carbons (Fsp3) is 0.818. The van der Waals surface area contributed by atoms with E-state index in [1.165, 1.54) is 0 Å². The van der Waals surface area contributed by atoms with Crippen molar-refractivity contribution in [2.75, 3.05) is 20.3 Å². The van der Waals surface area contributed by atoms with E-state index >= 15 is 0 Å². The molecule has 0 saturated carbocycles. The van der Waals surface area contributed by atoms with Crippen molar-refractivity contribution in [2.45, 2.75) is 38.8 Å². The van der Waals surface area contributed by atoms with Gasteiger partial charge in [0.05, 0.1) is 19.1 Å². The number of nitrogens with two attached hydrogens (primary N) is 1. The Morgan fingerprint density at radius 3 is 2.47 bits per heavy atom. The van der Waals surface area contributed by atoms with Gasteiger partial charge in [0, 0.05) is 19.7 Å². The van der Waals surface area contributed by atoms with Crippen molar-refractivity contribution in [1.29, 1.82) is 0 Å². The Bertz CT molecular complexity index is 258. The van der Waals surface area contributed by atoms with Crippen LogP contribution in [0.2, 0.25) is 0 Å². The van der Waals surface area contributed by atoms with E-state index in [-0.39, 0.29) is 18.4 Å². The molecule has 0 aromatic rings. The number of ether oxygens (including phenoxy) is 1. The molecule has 6 heteroatoms. The number of rotatable bonds is 8. The van der Waals surface area contributed by atoms with Crippen molar-refractivity contribution in [3.63, 3.8) is 0 Å². The number of carboxylic acids is 1. The Morgan fingerprint density at radius 1 is 1.47 bits per heavy atom. The van der Waals surface area contributed by atoms with Gasteiger partial charge in [-0.2, -0.15) is 0 Å². The zero-order valence-electron chi connectivity index (χ0n) is 10.7. The Morgan fingerprint density at radius 2 is 2.06 bits per heavy atom. The quantitative estimate of drug-likeness (QED) is 0.632. The molecule has 6 nitrogen and oxygen atoms in total. The second-order valence-corrected chi connectivity index (χ2v) is 3.99. The maximum absolute atomic E-state index is 12.0. The molecule has 100 valence electrons. The molecule has 0 bridgehead atoms. The van der Waals surface area contributed by atoms with Crippen LogP contribution in [0.3, 0.4) is 0 Å². The van der Waals surface area contributed by atoms with Gasteiger partial charge in [0.15, 0.2) is 0 Å². The zero-order chi connectivity index (χ0) is 13.4. The maximum atomic E-state index is 12.0. The second kappa shape index (κ2) is 8.03. The Kier molecular flexibility index (Phi) is 7.49. The summed E-state index contributed by atoms with van der Waals surface area (Å²) in [6.07, 6.45) is 0.438. The van der Waals surface area contributed by atoms with Crippen molar-refractivity contribution < 1.29 is 19.4 Å². The number of aliphatic carboxylic acids is 1. The van der Waals surface area contributed by atoms with Gasteiger partial charge in [-0.1, -0.05) is 6.92 Å². The lowest BCUT2D eigenvalue weighted by Gasteiger charge is -2.30. The number of carbonyl (C=O) groups is 2. The van der Waals surface area contributed by atoms with E-state index in [4.69, 9.17) is 15.6 Å². The summed E-state index contributed by atoms with van der Waals surface area (Å²) in [5.41, 5.74) is 5.57. The zero-order valence-corrected chi connectivity index (χ0v) is 10.7. The Labute approximate surface area is 102 Å². The van der Waals surface area contributed by atoms with Crippen LogP contribution < -0.4 is 5.73 Å². The molecular formula is C11H22N2O4. The summed E-state index contributed by atoms with van der Waals surface area (Å²) in [6.45, 7) is 4.70. The first-order valence-corrected chi connectivity index (χ1v) is 5.70. The number of hydrogen-bond acceptors (Lipinski definition) is 4. The molecule has 0 fully saturated rings. The second-order valence-electron chi connectivity index (χ2n) is 3.99. The third-order valence-electron chi connectivity index (χ3n) is 2.65. The first-order chi connectivity index (χ1) is 7.93. The van der Waals surface area contributed by atoms with E-state index in [0.29, 0.717) is 13.2 Å². The molecule has 17 heavy (non-hydrogen) atoms. The van der Waals surface area contributed by atoms with Crippen molar-refractivity contribution in [1.82, 2.24) is 4.90 Å². The lowest BCUT2D eigenvalue weighted by Crippen LogP contribution is -2.49. The lowest BCUT2D eigenvalue weighted by atomic mass is 10.1. The van der Waals surface area contributed by atoms with Crippen LogP contribution in [0.25, 0.3) is 0 Å². The molecule has 0 aromatic heterocycles. The number of nitrogens with zero attached hydrogens (tertiary/aromatic N) is 1. The maximum Gasteiger partial charge on any atom is 0.305 e. The molecule has 0 aliphatic heterocycles. The number of methoxy groups -OCH3 is 1. The van der Waals surface area contributed by atoms with Crippen LogP contribution in [0.15, 0.2) is 0 Å². The van der Waals surface area contributed by atoms with Gasteiger partial charge in [-0.05, 0) is 13.3 Å². The van der Waals surface area contributed by atoms with E-state index in [0.717, 1.165) is 6.42 Å². The van der Waals surface area contributed by atoms with Gasteiger partial charge in [0.2, 0.25) is 5.91 Å². The monoisotopic (exact) mass is 246 g/mol. The molecule has 0 aliphatic carbocycles. The third-order valence-corrected chi connectivity index (χ3v) is 2.65. The van der Waals surface area contributed by atoms with E-state index < -0.39 is 12.0 Å². The van der Waals surface area contributed by atoms with Crippen LogP contribution >= 0.6 is 0 Å². The fourth-order valence-electron chi connectivity index (χ4n) is 1.45. The summed E-state index contributed by atoms with van der Waals surface area (Å²) < 4.78 is 4.93. The van der Waals surface area contributed by atoms with Gasteiger partial charge in [-0.25, -0.2) is 0 Å². The standard InChI is InChI=1S/C11H22N2O4/c1-4-8(2)13(5-6-17-3)11(16)9(12)7-10(14)15/h8-9H,4-7,12H2,1-3H3,(H,14,15). The SMILES string of the molecule is CCC(C)N(CCOC)C(=O)C(N)CC(=O)O. The van der Waals surface area contributed by atoms with Gasteiger partial charge in [-0.15, -0.1) is 0 Å². The Hall–Kier alpha value is -1.14. The minimum Gasteiger partial charge on any atom is -0.481 e. The number of amides is 1. The molecule has 0 spiro atoms. The topological polar surface area (TPSA) is 92.9 Å². The van der Waals surface area contributed by atoms with Crippen LogP contribution in [0, 0.1) is 0 Å². The van der Waals surface area contributed by atoms with E-state index in [9.17, 15) is 9.59 Å². The smallest absolute Gasteiger partial charge is 0.305 e. The predicted octanol–water partition coefficient (Wildman–Crippen LogP) is 0.0619. The van der Waals surface area contributed by atoms with Crippen LogP contribution in [0.5, 0.6) is 0 Å². The summed E-state index contributed by atoms with van der Waals surface area (Å²) in [4.78, 5) is 24.1. The average Bonchev–Trinajstić information content (AvgIpc) is 2.27. The van der Waals surface area contributed by atoms with Gasteiger partial charge >= 0.3 is 5.97 Å². The molecule has 1 amide bonds. The molecule has 0 saturated heterocycles. The molecule has 3 N–H and O–H groups in total. The normalized spacial score (nSPS) is 14.1. The summed E-state index contributed by atoms with van der Waals surface area (Å²) in [7, 11) is 1.55. The highest BCUT2D eigenvalue weighted by atomic mass is 16.5. The Balaban J connectivity index is 4.55. The minimum atomic E-state index is -1.07. The number of carbonyl (C=O) groups excluding carboxylic acids is 1. The lowest BCUT2D eigenvalue weighted by molar-refractivity contribution is -0.143. The van der Waals surface area contributed by atoms with Crippen LogP contribution in [-0.2, 0) is 14.3 Å². The van der Waals surface area contributed by atoms with Crippen LogP contribution in [0.1, 0.15) is 26.7 Å². The molecule has 0 aromatic carbocycles. The molecule has 2 unspecified atom stereocenters. The van der Waals surface area contributed by atoms with E-state index in [2.05, 4.69) is 0 Å². The van der Waals surface area contributed by atoms with Crippen LogP contribution in [-0.4, -0.2) is 54.2 Å². The molecule has 0 rings (SSSR count). The van der Waals surface area contributed by atoms with Crippen molar-refractivity contribution in [3.8, 4) is 0 Å². The first-order valence-electron chi connectivity index (χ1n) is 5.70. The molecule has 0 aliphatic rings. The highest BCUT2D eigenvalue weighted by molar-refractivity contribution is 5.86. The first kappa shape index (κ1) is 15.9. The summed E-state index contributed by atoms with van der Waals surface area (Å²) in [5.74, 6) is -1.40. The highest BCUT2D eigenvalue weighted by Gasteiger charge is 2.25. The van der Waals surface area contributed by atoms with Crippen molar-refractivity contribution in [3.05, 3.63) is 0 Å². The molecule has 2 atom stereocenters. The van der Waals surface area contributed by atoms with Gasteiger partial charge in [0.1, 0.15) is 0 Å². The van der Waals surface area contributed by atoms with Gasteiger partial charge in [-0.3, -0.25) is 9.59 Å². The van der Waals surface area contributed by atoms with Crippen LogP contribution in [0.4, 0.5) is 0 Å². The highest BCUT2D eigenvalue weighted by Crippen LogP contribution is 2.07. The summed E-state index contributed by atoms with van der Waals surface area (Å²) in [6, 6.07) is -0.962. The van der Waals surface area contributed by atoms with Crippen molar-refractivity contribution in [2.24, 2.45) is 5.73 Å². The predicted molar refractivity (Wildman–Crippen MR) is 63.6 cm³/mol. The molecule has 0 radical (unpaired) electrons. The third kappa shape index (κ3) is 5.65. The largest absolute Gasteiger partial charge is 0.481 e. The number of hydrogen-bond donors (Lipinski definition) is 2. The van der Waals surface area contributed by atoms with Crippen molar-refractivity contribution >= 4 is 11.9 Å². The van der Waals surface area contributed by atoms with E-state index in [1.807, 2.05) is 13.8 Å². The summed E-state index contributed by atoms with van der Waals surface area (Å²) >= 11 is 0. The van der Waals surface area contributed by atoms with Gasteiger partial charge < -0.3 is 20.5 Å².